The van der Waals surface area contributed by atoms with E-state index in [1.165, 1.54) is 6.92 Å². The number of H-pyrrole nitrogens is 1. The molecule has 1 aliphatic heterocycles. The minimum atomic E-state index is -0.0894. The van der Waals surface area contributed by atoms with Crippen molar-refractivity contribution in [2.24, 2.45) is 0 Å². The molecule has 10 heteroatoms. The molecule has 0 radical (unpaired) electrons. The van der Waals surface area contributed by atoms with Gasteiger partial charge in [-0.1, -0.05) is 11.8 Å². The van der Waals surface area contributed by atoms with E-state index >= 15 is 0 Å². The lowest BCUT2D eigenvalue weighted by Crippen LogP contribution is -2.30. The van der Waals surface area contributed by atoms with Crippen LogP contribution in [0.3, 0.4) is 0 Å². The Balaban J connectivity index is 1.57. The SMILES string of the molecule is CC(=O)Nc1ccc(SC2=CN(Nc3cc(C)[nH]n3)Cc3nc(C)nn32)cc1. The summed E-state index contributed by atoms with van der Waals surface area (Å²) in [5.74, 6) is 2.22. The number of amides is 1. The van der Waals surface area contributed by atoms with Crippen LogP contribution in [0.25, 0.3) is 5.03 Å². The van der Waals surface area contributed by atoms with Gasteiger partial charge < -0.3 is 5.32 Å². The first-order chi connectivity index (χ1) is 13.5. The van der Waals surface area contributed by atoms with E-state index in [-0.39, 0.29) is 5.91 Å². The van der Waals surface area contributed by atoms with Crippen molar-refractivity contribution in [2.45, 2.75) is 32.2 Å². The van der Waals surface area contributed by atoms with Gasteiger partial charge in [-0.25, -0.2) is 9.67 Å². The Morgan fingerprint density at radius 2 is 2.04 bits per heavy atom. The number of fused-ring (bicyclic) bond motifs is 1. The van der Waals surface area contributed by atoms with Crippen LogP contribution in [0.4, 0.5) is 11.5 Å². The maximum Gasteiger partial charge on any atom is 0.221 e. The molecule has 0 aliphatic carbocycles. The largest absolute Gasteiger partial charge is 0.326 e. The zero-order chi connectivity index (χ0) is 19.7. The number of nitrogens with one attached hydrogen (secondary N) is 3. The van der Waals surface area contributed by atoms with E-state index in [1.807, 2.05) is 60.1 Å². The number of aryl methyl sites for hydroxylation is 2. The zero-order valence-corrected chi connectivity index (χ0v) is 16.5. The molecule has 144 valence electrons. The fourth-order valence-corrected chi connectivity index (χ4v) is 3.74. The molecule has 1 aliphatic rings. The molecule has 0 saturated carbocycles. The highest BCUT2D eigenvalue weighted by Gasteiger charge is 2.21. The number of hydrogen-bond donors (Lipinski definition) is 3. The van der Waals surface area contributed by atoms with Gasteiger partial charge in [0.15, 0.2) is 11.6 Å². The number of nitrogens with zero attached hydrogens (tertiary/aromatic N) is 5. The molecular weight excluding hydrogens is 376 g/mol. The molecule has 2 aromatic heterocycles. The summed E-state index contributed by atoms with van der Waals surface area (Å²) >= 11 is 1.57. The topological polar surface area (TPSA) is 104 Å². The predicted octanol–water partition coefficient (Wildman–Crippen LogP) is 2.97. The standard InChI is InChI=1S/C18H20N8OS/c1-11-8-16(22-21-11)24-25-9-17-19-12(2)23-26(17)18(10-25)28-15-6-4-14(5-7-15)20-13(3)27/h4-8,10H,9H2,1-3H3,(H,20,27)(H2,21,22,24). The summed E-state index contributed by atoms with van der Waals surface area (Å²) in [5, 5.41) is 17.3. The van der Waals surface area contributed by atoms with Crippen molar-refractivity contribution in [1.29, 1.82) is 0 Å². The van der Waals surface area contributed by atoms with Crippen LogP contribution in [0.15, 0.2) is 41.4 Å². The van der Waals surface area contributed by atoms with Crippen LogP contribution >= 0.6 is 11.8 Å². The van der Waals surface area contributed by atoms with Gasteiger partial charge in [-0.3, -0.25) is 20.3 Å². The monoisotopic (exact) mass is 396 g/mol. The van der Waals surface area contributed by atoms with E-state index < -0.39 is 0 Å². The highest BCUT2D eigenvalue weighted by molar-refractivity contribution is 8.08. The highest BCUT2D eigenvalue weighted by atomic mass is 32.2. The number of carbonyl (C=O) groups excluding carboxylic acids is 1. The number of carbonyl (C=O) groups is 1. The molecule has 0 saturated heterocycles. The first-order valence-corrected chi connectivity index (χ1v) is 9.53. The van der Waals surface area contributed by atoms with E-state index in [9.17, 15) is 4.79 Å². The molecule has 0 bridgehead atoms. The lowest BCUT2D eigenvalue weighted by atomic mass is 10.3. The second-order valence-corrected chi connectivity index (χ2v) is 7.53. The minimum absolute atomic E-state index is 0.0894. The Bertz CT molecular complexity index is 1040. The number of aromatic amines is 1. The fourth-order valence-electron chi connectivity index (χ4n) is 2.82. The van der Waals surface area contributed by atoms with Crippen LogP contribution in [0.1, 0.15) is 24.3 Å². The number of hydrogen-bond acceptors (Lipinski definition) is 7. The second kappa shape index (κ2) is 7.39. The van der Waals surface area contributed by atoms with Gasteiger partial charge in [-0.15, -0.1) is 0 Å². The van der Waals surface area contributed by atoms with Crippen LogP contribution in [0.5, 0.6) is 0 Å². The lowest BCUT2D eigenvalue weighted by Gasteiger charge is -2.26. The van der Waals surface area contributed by atoms with E-state index in [0.717, 1.165) is 38.8 Å². The molecule has 3 aromatic rings. The van der Waals surface area contributed by atoms with Crippen molar-refractivity contribution in [3.8, 4) is 0 Å². The summed E-state index contributed by atoms with van der Waals surface area (Å²) in [6, 6.07) is 9.62. The Labute approximate surface area is 166 Å². The van der Waals surface area contributed by atoms with Gasteiger partial charge >= 0.3 is 0 Å². The van der Waals surface area contributed by atoms with Gasteiger partial charge in [0.2, 0.25) is 5.91 Å². The smallest absolute Gasteiger partial charge is 0.221 e. The molecule has 0 fully saturated rings. The zero-order valence-electron chi connectivity index (χ0n) is 15.7. The van der Waals surface area contributed by atoms with Crippen molar-refractivity contribution in [2.75, 3.05) is 10.7 Å². The summed E-state index contributed by atoms with van der Waals surface area (Å²) in [7, 11) is 0. The molecule has 1 amide bonds. The number of benzene rings is 1. The molecular formula is C18H20N8OS. The highest BCUT2D eigenvalue weighted by Crippen LogP contribution is 2.34. The number of anilines is 2. The maximum absolute atomic E-state index is 11.2. The number of hydrazine groups is 1. The van der Waals surface area contributed by atoms with Gasteiger partial charge in [0, 0.05) is 29.3 Å². The fraction of sp³-hybridized carbons (Fsp3) is 0.222. The number of thioether (sulfide) groups is 1. The summed E-state index contributed by atoms with van der Waals surface area (Å²) in [6.45, 7) is 5.89. The first-order valence-electron chi connectivity index (χ1n) is 8.72. The first kappa shape index (κ1) is 18.1. The normalized spacial score (nSPS) is 13.1. The van der Waals surface area contributed by atoms with Crippen LogP contribution in [-0.4, -0.2) is 35.9 Å². The van der Waals surface area contributed by atoms with Crippen LogP contribution < -0.4 is 10.7 Å². The van der Waals surface area contributed by atoms with Gasteiger partial charge in [0.05, 0.1) is 12.7 Å². The van der Waals surface area contributed by atoms with Gasteiger partial charge in [-0.2, -0.15) is 10.2 Å². The van der Waals surface area contributed by atoms with Gasteiger partial charge in [-0.05, 0) is 38.1 Å². The van der Waals surface area contributed by atoms with Gasteiger partial charge in [0.25, 0.3) is 0 Å². The molecule has 0 spiro atoms. The van der Waals surface area contributed by atoms with E-state index in [1.54, 1.807) is 11.8 Å². The third-order valence-corrected chi connectivity index (χ3v) is 4.92. The quantitative estimate of drug-likeness (QED) is 0.609. The Hall–Kier alpha value is -3.27. The summed E-state index contributed by atoms with van der Waals surface area (Å²) < 4.78 is 1.86. The Morgan fingerprint density at radius 3 is 2.71 bits per heavy atom. The molecule has 28 heavy (non-hydrogen) atoms. The van der Waals surface area contributed by atoms with E-state index in [2.05, 4.69) is 31.0 Å². The van der Waals surface area contributed by atoms with Crippen LogP contribution in [0, 0.1) is 13.8 Å². The number of rotatable bonds is 5. The predicted molar refractivity (Wildman–Crippen MR) is 108 cm³/mol. The van der Waals surface area contributed by atoms with Crippen molar-refractivity contribution < 1.29 is 4.79 Å². The Kier molecular flexibility index (Phi) is 4.78. The number of aromatic nitrogens is 5. The van der Waals surface area contributed by atoms with Crippen molar-refractivity contribution in [3.63, 3.8) is 0 Å². The molecule has 1 aromatic carbocycles. The third kappa shape index (κ3) is 4.01. The molecule has 0 atom stereocenters. The lowest BCUT2D eigenvalue weighted by molar-refractivity contribution is -0.114. The van der Waals surface area contributed by atoms with Crippen LogP contribution in [-0.2, 0) is 11.3 Å². The van der Waals surface area contributed by atoms with E-state index in [0.29, 0.717) is 6.54 Å². The van der Waals surface area contributed by atoms with E-state index in [4.69, 9.17) is 0 Å². The molecule has 9 nitrogen and oxygen atoms in total. The molecule has 3 heterocycles. The van der Waals surface area contributed by atoms with Crippen molar-refractivity contribution >= 4 is 34.2 Å². The Morgan fingerprint density at radius 1 is 1.25 bits per heavy atom. The molecule has 3 N–H and O–H groups in total. The molecule has 4 rings (SSSR count). The second-order valence-electron chi connectivity index (χ2n) is 6.44. The average Bonchev–Trinajstić information content (AvgIpc) is 3.21. The van der Waals surface area contributed by atoms with Gasteiger partial charge in [0.1, 0.15) is 10.9 Å². The van der Waals surface area contributed by atoms with Crippen molar-refractivity contribution in [1.82, 2.24) is 30.0 Å². The minimum Gasteiger partial charge on any atom is -0.326 e. The molecule has 0 unspecified atom stereocenters. The summed E-state index contributed by atoms with van der Waals surface area (Å²) in [5.41, 5.74) is 5.02. The summed E-state index contributed by atoms with van der Waals surface area (Å²) in [6.07, 6.45) is 1.98. The van der Waals surface area contributed by atoms with Crippen LogP contribution in [0.2, 0.25) is 0 Å². The average molecular weight is 396 g/mol. The summed E-state index contributed by atoms with van der Waals surface area (Å²) in [4.78, 5) is 16.7. The third-order valence-electron chi connectivity index (χ3n) is 3.93. The maximum atomic E-state index is 11.2. The van der Waals surface area contributed by atoms with Crippen molar-refractivity contribution in [3.05, 3.63) is 53.9 Å².